The summed E-state index contributed by atoms with van der Waals surface area (Å²) in [6.07, 6.45) is 1.17. The first kappa shape index (κ1) is 12.7. The molecule has 0 aliphatic rings. The lowest BCUT2D eigenvalue weighted by Crippen LogP contribution is -2.17. The molecule has 0 aliphatic carbocycles. The maximum atomic E-state index is 5.06. The van der Waals surface area contributed by atoms with Crippen LogP contribution < -0.4 is 5.73 Å². The van der Waals surface area contributed by atoms with Gasteiger partial charge in [0, 0.05) is 14.2 Å². The fourth-order valence-electron chi connectivity index (χ4n) is 0.568. The van der Waals surface area contributed by atoms with Gasteiger partial charge in [-0.25, -0.2) is 0 Å². The molecule has 0 amide bonds. The third kappa shape index (κ3) is 8.10. The molecule has 0 unspecified atom stereocenters. The van der Waals surface area contributed by atoms with Gasteiger partial charge in [0.2, 0.25) is 0 Å². The second-order valence-corrected chi connectivity index (χ2v) is 4.07. The summed E-state index contributed by atoms with van der Waals surface area (Å²) in [7, 11) is 3.74. The van der Waals surface area contributed by atoms with Crippen molar-refractivity contribution in [2.75, 3.05) is 21.3 Å². The van der Waals surface area contributed by atoms with Gasteiger partial charge in [0.15, 0.2) is 0 Å². The van der Waals surface area contributed by atoms with Gasteiger partial charge in [-0.3, -0.25) is 0 Å². The van der Waals surface area contributed by atoms with Crippen molar-refractivity contribution in [3.8, 4) is 0 Å². The van der Waals surface area contributed by atoms with Gasteiger partial charge in [-0.2, -0.15) is 0 Å². The summed E-state index contributed by atoms with van der Waals surface area (Å²) in [4.78, 5) is 0. The molecule has 0 aromatic heterocycles. The standard InChI is InChI=1S/C5H14O2Si.CH5N/c1-4-5-8(6-2)7-3;1-2/h8H,4-5H2,1-3H3;2H2,1H3. The van der Waals surface area contributed by atoms with Crippen LogP contribution in [-0.2, 0) is 8.85 Å². The zero-order valence-electron chi connectivity index (χ0n) is 7.39. The monoisotopic (exact) mass is 165 g/mol. The van der Waals surface area contributed by atoms with Crippen LogP contribution in [0.2, 0.25) is 6.04 Å². The molecule has 4 heteroatoms. The number of hydrogen-bond acceptors (Lipinski definition) is 3. The average Bonchev–Trinajstić information content (AvgIpc) is 2.04. The van der Waals surface area contributed by atoms with Gasteiger partial charge < -0.3 is 14.6 Å². The van der Waals surface area contributed by atoms with E-state index < -0.39 is 9.28 Å². The molecule has 0 fully saturated rings. The molecule has 0 radical (unpaired) electrons. The lowest BCUT2D eigenvalue weighted by Gasteiger charge is -2.07. The molecule has 0 aromatic carbocycles. The SMILES string of the molecule is CCC[SiH](OC)OC.CN. The third-order valence-corrected chi connectivity index (χ3v) is 3.15. The minimum atomic E-state index is -1.19. The van der Waals surface area contributed by atoms with Crippen LogP contribution in [0.3, 0.4) is 0 Å². The van der Waals surface area contributed by atoms with E-state index in [2.05, 4.69) is 12.7 Å². The summed E-state index contributed by atoms with van der Waals surface area (Å²) in [6.45, 7) is 2.14. The van der Waals surface area contributed by atoms with Gasteiger partial charge in [0.25, 0.3) is 0 Å². The Balaban J connectivity index is 0. The molecule has 0 saturated heterocycles. The van der Waals surface area contributed by atoms with Crippen LogP contribution in [0.1, 0.15) is 13.3 Å². The molecule has 0 rings (SSSR count). The fourth-order valence-corrected chi connectivity index (χ4v) is 1.70. The zero-order valence-corrected chi connectivity index (χ0v) is 8.54. The molecule has 0 bridgehead atoms. The van der Waals surface area contributed by atoms with E-state index in [1.165, 1.54) is 13.5 Å². The van der Waals surface area contributed by atoms with E-state index in [0.717, 1.165) is 6.04 Å². The van der Waals surface area contributed by atoms with E-state index in [1.54, 1.807) is 14.2 Å². The van der Waals surface area contributed by atoms with Gasteiger partial charge >= 0.3 is 9.28 Å². The second kappa shape index (κ2) is 11.8. The lowest BCUT2D eigenvalue weighted by atomic mass is 10.6. The summed E-state index contributed by atoms with van der Waals surface area (Å²) >= 11 is 0. The predicted molar refractivity (Wildman–Crippen MR) is 46.4 cm³/mol. The molecular weight excluding hydrogens is 146 g/mol. The average molecular weight is 165 g/mol. The van der Waals surface area contributed by atoms with E-state index in [4.69, 9.17) is 8.85 Å². The Kier molecular flexibility index (Phi) is 15.1. The van der Waals surface area contributed by atoms with Crippen molar-refractivity contribution in [2.24, 2.45) is 5.73 Å². The van der Waals surface area contributed by atoms with E-state index in [0.29, 0.717) is 0 Å². The van der Waals surface area contributed by atoms with Gasteiger partial charge in [0.1, 0.15) is 0 Å². The highest BCUT2D eigenvalue weighted by Crippen LogP contribution is 1.96. The van der Waals surface area contributed by atoms with Crippen LogP contribution in [0, 0.1) is 0 Å². The third-order valence-electron chi connectivity index (χ3n) is 1.05. The number of nitrogens with two attached hydrogens (primary N) is 1. The Morgan fingerprint density at radius 3 is 1.70 bits per heavy atom. The van der Waals surface area contributed by atoms with Gasteiger partial charge in [-0.15, -0.1) is 0 Å². The summed E-state index contributed by atoms with van der Waals surface area (Å²) in [5.74, 6) is 0. The highest BCUT2D eigenvalue weighted by molar-refractivity contribution is 6.44. The second-order valence-electron chi connectivity index (χ2n) is 1.69. The largest absolute Gasteiger partial charge is 0.400 e. The molecule has 0 heterocycles. The first-order valence-electron chi connectivity index (χ1n) is 3.48. The minimum absolute atomic E-state index is 1.12. The maximum Gasteiger partial charge on any atom is 0.320 e. The van der Waals surface area contributed by atoms with Crippen LogP contribution in [0.5, 0.6) is 0 Å². The van der Waals surface area contributed by atoms with E-state index in [1.807, 2.05) is 0 Å². The normalized spacial score (nSPS) is 9.00. The Hall–Kier alpha value is 0.0969. The van der Waals surface area contributed by atoms with Crippen LogP contribution in [0.25, 0.3) is 0 Å². The highest BCUT2D eigenvalue weighted by atomic mass is 28.3. The molecular formula is C6H19NO2Si. The summed E-state index contributed by atoms with van der Waals surface area (Å²) in [5.41, 5.74) is 4.50. The Morgan fingerprint density at radius 1 is 1.20 bits per heavy atom. The van der Waals surface area contributed by atoms with Gasteiger partial charge in [0.05, 0.1) is 0 Å². The van der Waals surface area contributed by atoms with Crippen LogP contribution >= 0.6 is 0 Å². The Labute approximate surface area is 65.4 Å². The quantitative estimate of drug-likeness (QED) is 0.616. The van der Waals surface area contributed by atoms with Crippen LogP contribution in [0.4, 0.5) is 0 Å². The molecule has 0 spiro atoms. The van der Waals surface area contributed by atoms with E-state index in [9.17, 15) is 0 Å². The zero-order chi connectivity index (χ0) is 8.41. The summed E-state index contributed by atoms with van der Waals surface area (Å²) < 4.78 is 10.1. The van der Waals surface area contributed by atoms with Crippen molar-refractivity contribution >= 4 is 9.28 Å². The number of hydrogen-bond donors (Lipinski definition) is 1. The molecule has 0 aromatic rings. The molecule has 0 atom stereocenters. The Morgan fingerprint density at radius 2 is 1.60 bits per heavy atom. The molecule has 3 nitrogen and oxygen atoms in total. The minimum Gasteiger partial charge on any atom is -0.400 e. The van der Waals surface area contributed by atoms with Crippen molar-refractivity contribution in [2.45, 2.75) is 19.4 Å². The lowest BCUT2D eigenvalue weighted by molar-refractivity contribution is 0.277. The van der Waals surface area contributed by atoms with Crippen molar-refractivity contribution in [1.82, 2.24) is 0 Å². The van der Waals surface area contributed by atoms with Crippen LogP contribution in [0.15, 0.2) is 0 Å². The molecule has 2 N–H and O–H groups in total. The van der Waals surface area contributed by atoms with Crippen molar-refractivity contribution < 1.29 is 8.85 Å². The van der Waals surface area contributed by atoms with Gasteiger partial charge in [-0.05, 0) is 13.1 Å². The predicted octanol–water partition coefficient (Wildman–Crippen LogP) is 0.485. The smallest absolute Gasteiger partial charge is 0.320 e. The van der Waals surface area contributed by atoms with Crippen molar-refractivity contribution in [3.05, 3.63) is 0 Å². The maximum absolute atomic E-state index is 5.06. The number of rotatable bonds is 4. The highest BCUT2D eigenvalue weighted by Gasteiger charge is 2.05. The van der Waals surface area contributed by atoms with Crippen LogP contribution in [-0.4, -0.2) is 30.6 Å². The topological polar surface area (TPSA) is 44.5 Å². The van der Waals surface area contributed by atoms with E-state index in [-0.39, 0.29) is 0 Å². The molecule has 10 heavy (non-hydrogen) atoms. The summed E-state index contributed by atoms with van der Waals surface area (Å²) in [6, 6.07) is 1.12. The molecule has 0 saturated carbocycles. The van der Waals surface area contributed by atoms with Gasteiger partial charge in [-0.1, -0.05) is 13.3 Å². The molecule has 0 aliphatic heterocycles. The fraction of sp³-hybridized carbons (Fsp3) is 1.00. The van der Waals surface area contributed by atoms with Crippen molar-refractivity contribution in [1.29, 1.82) is 0 Å². The summed E-state index contributed by atoms with van der Waals surface area (Å²) in [5, 5.41) is 0. The first-order chi connectivity index (χ1) is 4.85. The Bertz CT molecular complexity index is 51.0. The molecule has 64 valence electrons. The van der Waals surface area contributed by atoms with E-state index >= 15 is 0 Å². The van der Waals surface area contributed by atoms with Crippen molar-refractivity contribution in [3.63, 3.8) is 0 Å². The first-order valence-corrected chi connectivity index (χ1v) is 5.24.